The van der Waals surface area contributed by atoms with E-state index in [0.29, 0.717) is 5.69 Å². The van der Waals surface area contributed by atoms with Crippen LogP contribution in [0, 0.1) is 5.82 Å². The Morgan fingerprint density at radius 2 is 1.77 bits per heavy atom. The van der Waals surface area contributed by atoms with Crippen LogP contribution in [0.2, 0.25) is 5.02 Å². The molecule has 0 aliphatic heterocycles. The predicted octanol–water partition coefficient (Wildman–Crippen LogP) is 3.34. The average Bonchev–Trinajstić information content (AvgIpc) is 3.05. The van der Waals surface area contributed by atoms with Crippen molar-refractivity contribution in [2.24, 2.45) is 12.8 Å². The Bertz CT molecular complexity index is 1220. The van der Waals surface area contributed by atoms with Crippen LogP contribution in [0.4, 0.5) is 15.8 Å². The molecule has 0 aliphatic carbocycles. The number of primary amides is 1. The molecule has 11 heteroatoms. The van der Waals surface area contributed by atoms with Gasteiger partial charge in [0.1, 0.15) is 5.82 Å². The summed E-state index contributed by atoms with van der Waals surface area (Å²) in [5.41, 5.74) is 6.58. The van der Waals surface area contributed by atoms with E-state index in [4.69, 9.17) is 17.3 Å². The van der Waals surface area contributed by atoms with Gasteiger partial charge >= 0.3 is 0 Å². The molecule has 2 aromatic carbocycles. The molecule has 8 nitrogen and oxygen atoms in total. The number of hydrogen-bond donors (Lipinski definition) is 2. The number of anilines is 2. The molecule has 3 rings (SSSR count). The molecular formula is C20H21ClFN5O3S. The molecule has 0 saturated heterocycles. The lowest BCUT2D eigenvalue weighted by Gasteiger charge is -2.23. The molecule has 2 N–H and O–H groups in total. The van der Waals surface area contributed by atoms with Gasteiger partial charge in [-0.1, -0.05) is 44.5 Å². The third-order valence-electron chi connectivity index (χ3n) is 4.74. The first kappa shape index (κ1) is 22.7. The molecular weight excluding hydrogens is 445 g/mol. The smallest absolute Gasteiger partial charge is 0.286 e. The summed E-state index contributed by atoms with van der Waals surface area (Å²) in [4.78, 5) is 11.6. The van der Waals surface area contributed by atoms with Crippen LogP contribution in [0.3, 0.4) is 0 Å². The highest BCUT2D eigenvalue weighted by molar-refractivity contribution is 7.74. The van der Waals surface area contributed by atoms with Gasteiger partial charge in [0.2, 0.25) is 16.7 Å². The van der Waals surface area contributed by atoms with Crippen molar-refractivity contribution in [3.63, 3.8) is 0 Å². The summed E-state index contributed by atoms with van der Waals surface area (Å²) in [6, 6.07) is 9.11. The molecule has 0 aliphatic rings. The van der Waals surface area contributed by atoms with Gasteiger partial charge in [-0.25, -0.2) is 17.1 Å². The lowest BCUT2D eigenvalue weighted by atomic mass is 9.87. The Labute approximate surface area is 185 Å². The first-order valence-corrected chi connectivity index (χ1v) is 10.7. The van der Waals surface area contributed by atoms with Crippen LogP contribution in [0.15, 0.2) is 36.4 Å². The molecule has 0 radical (unpaired) electrons. The maximum Gasteiger partial charge on any atom is 0.286 e. The number of nitrogens with zero attached hydrogens (tertiary/aromatic N) is 4. The van der Waals surface area contributed by atoms with Crippen molar-refractivity contribution in [2.75, 3.05) is 4.31 Å². The number of amides is 1. The fraction of sp³-hybridized carbons (Fsp3) is 0.250. The number of carbonyl (C=O) groups is 1. The molecule has 0 fully saturated rings. The van der Waals surface area contributed by atoms with E-state index in [2.05, 4.69) is 10.2 Å². The fourth-order valence-corrected chi connectivity index (χ4v) is 3.92. The maximum atomic E-state index is 14.4. The summed E-state index contributed by atoms with van der Waals surface area (Å²) in [6.07, 6.45) is 0. The highest BCUT2D eigenvalue weighted by Crippen LogP contribution is 2.38. The van der Waals surface area contributed by atoms with Crippen molar-refractivity contribution in [3.8, 4) is 11.4 Å². The van der Waals surface area contributed by atoms with E-state index in [1.165, 1.54) is 17.7 Å². The van der Waals surface area contributed by atoms with Crippen LogP contribution in [0.1, 0.15) is 37.0 Å². The van der Waals surface area contributed by atoms with Gasteiger partial charge in [0.15, 0.2) is 5.82 Å². The molecule has 0 bridgehead atoms. The molecule has 31 heavy (non-hydrogen) atoms. The van der Waals surface area contributed by atoms with Crippen LogP contribution in [0.25, 0.3) is 11.4 Å². The zero-order valence-electron chi connectivity index (χ0n) is 17.3. The lowest BCUT2D eigenvalue weighted by Crippen LogP contribution is -2.18. The standard InChI is InChI=1S/C20H21ClFN5O3S/c1-20(2,3)11-5-7-12(8-6-11)27(31(29)30)16-10-15(22)14(21)9-13(16)18-24-25-19(17(23)28)26(18)4/h5-10,31H,1-4H3,(H2,23,28). The molecule has 1 heterocycles. The molecule has 0 saturated carbocycles. The second-order valence-corrected chi connectivity index (χ2v) is 9.18. The van der Waals surface area contributed by atoms with Crippen molar-refractivity contribution < 1.29 is 17.6 Å². The topological polar surface area (TPSA) is 111 Å². The Kier molecular flexibility index (Phi) is 6.06. The van der Waals surface area contributed by atoms with E-state index >= 15 is 0 Å². The number of carbonyl (C=O) groups excluding carboxylic acids is 1. The van der Waals surface area contributed by atoms with Crippen LogP contribution < -0.4 is 10.0 Å². The van der Waals surface area contributed by atoms with Gasteiger partial charge in [0, 0.05) is 18.7 Å². The van der Waals surface area contributed by atoms with E-state index < -0.39 is 22.6 Å². The Morgan fingerprint density at radius 1 is 1.16 bits per heavy atom. The van der Waals surface area contributed by atoms with Gasteiger partial charge in [-0.05, 0) is 29.2 Å². The summed E-state index contributed by atoms with van der Waals surface area (Å²) in [5.74, 6) is -1.68. The summed E-state index contributed by atoms with van der Waals surface area (Å²) in [7, 11) is -1.74. The minimum atomic E-state index is -3.22. The molecule has 0 spiro atoms. The van der Waals surface area contributed by atoms with Crippen molar-refractivity contribution >= 4 is 39.8 Å². The highest BCUT2D eigenvalue weighted by Gasteiger charge is 2.25. The quantitative estimate of drug-likeness (QED) is 0.561. The number of benzene rings is 2. The van der Waals surface area contributed by atoms with Crippen molar-refractivity contribution in [2.45, 2.75) is 26.2 Å². The molecule has 1 aromatic heterocycles. The fourth-order valence-electron chi connectivity index (χ4n) is 3.09. The largest absolute Gasteiger partial charge is 0.363 e. The SMILES string of the molecule is Cn1c(C(N)=O)nnc1-c1cc(Cl)c(F)cc1N(c1ccc(C(C)(C)C)cc1)[SH](=O)=O. The van der Waals surface area contributed by atoms with Gasteiger partial charge in [-0.15, -0.1) is 10.2 Å². The Hall–Kier alpha value is -2.98. The zero-order valence-corrected chi connectivity index (χ0v) is 18.9. The van der Waals surface area contributed by atoms with Crippen molar-refractivity contribution in [3.05, 3.63) is 58.6 Å². The van der Waals surface area contributed by atoms with Gasteiger partial charge in [0.25, 0.3) is 5.91 Å². The summed E-state index contributed by atoms with van der Waals surface area (Å²) in [6.45, 7) is 6.10. The van der Waals surface area contributed by atoms with E-state index in [1.807, 2.05) is 20.8 Å². The highest BCUT2D eigenvalue weighted by atomic mass is 35.5. The third-order valence-corrected chi connectivity index (χ3v) is 5.81. The molecule has 3 aromatic rings. The Balaban J connectivity index is 2.24. The number of hydrogen-bond acceptors (Lipinski definition) is 5. The second-order valence-electron chi connectivity index (χ2n) is 7.90. The van der Waals surface area contributed by atoms with Crippen LogP contribution in [-0.4, -0.2) is 29.1 Å². The van der Waals surface area contributed by atoms with Gasteiger partial charge in [0.05, 0.1) is 16.4 Å². The number of nitrogens with two attached hydrogens (primary N) is 1. The number of rotatable bonds is 5. The Morgan fingerprint density at radius 3 is 2.26 bits per heavy atom. The monoisotopic (exact) mass is 465 g/mol. The van der Waals surface area contributed by atoms with E-state index in [9.17, 15) is 17.6 Å². The first-order chi connectivity index (χ1) is 14.4. The first-order valence-electron chi connectivity index (χ1n) is 9.15. The summed E-state index contributed by atoms with van der Waals surface area (Å²) < 4.78 is 41.1. The summed E-state index contributed by atoms with van der Waals surface area (Å²) in [5, 5.41) is 7.42. The minimum Gasteiger partial charge on any atom is -0.363 e. The molecule has 164 valence electrons. The second kappa shape index (κ2) is 8.27. The zero-order chi connectivity index (χ0) is 23.1. The molecule has 1 amide bonds. The van der Waals surface area contributed by atoms with Crippen molar-refractivity contribution in [1.29, 1.82) is 0 Å². The maximum absolute atomic E-state index is 14.4. The van der Waals surface area contributed by atoms with Crippen LogP contribution in [0.5, 0.6) is 0 Å². The normalized spacial score (nSPS) is 11.7. The number of aromatic nitrogens is 3. The molecule has 0 atom stereocenters. The van der Waals surface area contributed by atoms with Gasteiger partial charge < -0.3 is 10.3 Å². The predicted molar refractivity (Wildman–Crippen MR) is 118 cm³/mol. The van der Waals surface area contributed by atoms with E-state index in [-0.39, 0.29) is 33.3 Å². The summed E-state index contributed by atoms with van der Waals surface area (Å²) >= 11 is 5.97. The number of thiol groups is 1. The minimum absolute atomic E-state index is 0.0342. The van der Waals surface area contributed by atoms with E-state index in [1.54, 1.807) is 24.3 Å². The van der Waals surface area contributed by atoms with Gasteiger partial charge in [-0.2, -0.15) is 0 Å². The number of halogens is 2. The van der Waals surface area contributed by atoms with Crippen molar-refractivity contribution in [1.82, 2.24) is 14.8 Å². The van der Waals surface area contributed by atoms with Crippen LogP contribution in [-0.2, 0) is 23.4 Å². The average molecular weight is 466 g/mol. The third kappa shape index (κ3) is 4.40. The van der Waals surface area contributed by atoms with E-state index in [0.717, 1.165) is 15.9 Å². The lowest BCUT2D eigenvalue weighted by molar-refractivity contribution is 0.0987. The molecule has 0 unspecified atom stereocenters. The van der Waals surface area contributed by atoms with Gasteiger partial charge in [-0.3, -0.25) is 4.79 Å². The van der Waals surface area contributed by atoms with Crippen LogP contribution >= 0.6 is 11.6 Å².